The number of hydrogen-bond acceptors (Lipinski definition) is 2. The van der Waals surface area contributed by atoms with E-state index in [1.54, 1.807) is 0 Å². The number of allylic oxidation sites excluding steroid dienone is 1. The maximum absolute atomic E-state index is 4.58. The second-order valence-electron chi connectivity index (χ2n) is 4.55. The van der Waals surface area contributed by atoms with Crippen LogP contribution in [0.5, 0.6) is 0 Å². The first kappa shape index (κ1) is 11.4. The fourth-order valence-electron chi connectivity index (χ4n) is 2.62. The normalized spacial score (nSPS) is 13.1. The average molecular weight is 253 g/mol. The smallest absolute Gasteiger partial charge is 0.0488 e. The van der Waals surface area contributed by atoms with E-state index in [4.69, 9.17) is 0 Å². The molecule has 0 aliphatic carbocycles. The molecule has 1 aliphatic rings. The second kappa shape index (κ2) is 4.21. The van der Waals surface area contributed by atoms with Crippen molar-refractivity contribution in [2.45, 2.75) is 6.92 Å². The highest BCUT2D eigenvalue weighted by Crippen LogP contribution is 2.45. The van der Waals surface area contributed by atoms with Gasteiger partial charge in [-0.1, -0.05) is 36.4 Å². The Morgan fingerprint density at radius 2 is 1.33 bits per heavy atom. The van der Waals surface area contributed by atoms with Gasteiger partial charge in [-0.2, -0.15) is 0 Å². The fourth-order valence-corrected chi connectivity index (χ4v) is 2.86. The monoisotopic (exact) mass is 253 g/mol. The van der Waals surface area contributed by atoms with Gasteiger partial charge in [0.05, 0.1) is 0 Å². The van der Waals surface area contributed by atoms with Crippen molar-refractivity contribution in [1.29, 1.82) is 0 Å². The zero-order valence-corrected chi connectivity index (χ0v) is 11.4. The molecule has 90 valence electrons. The van der Waals surface area contributed by atoms with Crippen LogP contribution in [0, 0.1) is 0 Å². The van der Waals surface area contributed by atoms with E-state index in [2.05, 4.69) is 80.0 Å². The summed E-state index contributed by atoms with van der Waals surface area (Å²) in [6.45, 7) is 2.05. The van der Waals surface area contributed by atoms with Crippen LogP contribution >= 0.6 is 12.6 Å². The summed E-state index contributed by atoms with van der Waals surface area (Å²) in [5.41, 5.74) is 6.22. The predicted molar refractivity (Wildman–Crippen MR) is 81.6 cm³/mol. The van der Waals surface area contributed by atoms with E-state index in [-0.39, 0.29) is 0 Å². The Labute approximate surface area is 113 Å². The van der Waals surface area contributed by atoms with Crippen LogP contribution in [0.4, 0.5) is 11.4 Å². The standard InChI is InChI=1S/C16H15NS/c1-11(18)16-12-7-3-5-9-14(12)17(2)15-10-6-4-8-13(15)16/h3-10,18H,1-2H3. The molecule has 1 heterocycles. The van der Waals surface area contributed by atoms with Gasteiger partial charge in [-0.05, 0) is 24.0 Å². The number of thiol groups is 1. The van der Waals surface area contributed by atoms with Crippen LogP contribution < -0.4 is 4.90 Å². The van der Waals surface area contributed by atoms with Crippen LogP contribution in [0.3, 0.4) is 0 Å². The zero-order valence-electron chi connectivity index (χ0n) is 10.5. The molecule has 0 aromatic heterocycles. The van der Waals surface area contributed by atoms with Crippen molar-refractivity contribution >= 4 is 29.6 Å². The van der Waals surface area contributed by atoms with E-state index in [9.17, 15) is 0 Å². The van der Waals surface area contributed by atoms with Gasteiger partial charge in [-0.3, -0.25) is 0 Å². The van der Waals surface area contributed by atoms with Crippen molar-refractivity contribution in [1.82, 2.24) is 0 Å². The van der Waals surface area contributed by atoms with Crippen LogP contribution in [0.15, 0.2) is 53.4 Å². The van der Waals surface area contributed by atoms with Crippen molar-refractivity contribution in [3.8, 4) is 0 Å². The summed E-state index contributed by atoms with van der Waals surface area (Å²) in [6.07, 6.45) is 0. The van der Waals surface area contributed by atoms with Gasteiger partial charge in [0.1, 0.15) is 0 Å². The Morgan fingerprint density at radius 1 is 0.889 bits per heavy atom. The van der Waals surface area contributed by atoms with Crippen molar-refractivity contribution in [3.05, 3.63) is 64.6 Å². The van der Waals surface area contributed by atoms with Gasteiger partial charge >= 0.3 is 0 Å². The Morgan fingerprint density at radius 3 is 1.78 bits per heavy atom. The van der Waals surface area contributed by atoms with Crippen molar-refractivity contribution in [2.24, 2.45) is 0 Å². The molecule has 3 rings (SSSR count). The van der Waals surface area contributed by atoms with E-state index in [0.29, 0.717) is 0 Å². The minimum Gasteiger partial charge on any atom is -0.344 e. The van der Waals surface area contributed by atoms with Crippen molar-refractivity contribution in [3.63, 3.8) is 0 Å². The third-order valence-corrected chi connectivity index (χ3v) is 3.65. The number of rotatable bonds is 0. The molecule has 1 nitrogen and oxygen atoms in total. The Kier molecular flexibility index (Phi) is 2.67. The molecule has 0 amide bonds. The molecule has 0 fully saturated rings. The summed E-state index contributed by atoms with van der Waals surface area (Å²) in [5.74, 6) is 0. The maximum atomic E-state index is 4.58. The minimum absolute atomic E-state index is 1.06. The van der Waals surface area contributed by atoms with E-state index in [1.807, 2.05) is 0 Å². The zero-order chi connectivity index (χ0) is 12.7. The van der Waals surface area contributed by atoms with Crippen LogP contribution in [-0.2, 0) is 0 Å². The molecule has 2 aromatic rings. The molecule has 0 N–H and O–H groups in total. The Balaban J connectivity index is 2.38. The number of benzene rings is 2. The minimum atomic E-state index is 1.06. The third-order valence-electron chi connectivity index (χ3n) is 3.43. The molecule has 0 atom stereocenters. The van der Waals surface area contributed by atoms with E-state index >= 15 is 0 Å². The molecule has 0 radical (unpaired) electrons. The second-order valence-corrected chi connectivity index (χ2v) is 5.22. The van der Waals surface area contributed by atoms with Gasteiger partial charge in [-0.25, -0.2) is 0 Å². The number of fused-ring (bicyclic) bond motifs is 2. The van der Waals surface area contributed by atoms with E-state index in [0.717, 1.165) is 4.91 Å². The van der Waals surface area contributed by atoms with E-state index < -0.39 is 0 Å². The lowest BCUT2D eigenvalue weighted by atomic mass is 9.90. The van der Waals surface area contributed by atoms with Gasteiger partial charge in [0.2, 0.25) is 0 Å². The molecule has 0 saturated carbocycles. The molecule has 1 aliphatic heterocycles. The van der Waals surface area contributed by atoms with E-state index in [1.165, 1.54) is 28.1 Å². The lowest BCUT2D eigenvalue weighted by Crippen LogP contribution is -2.18. The molecule has 0 spiro atoms. The SMILES string of the molecule is CC(S)=C1c2ccccc2N(C)c2ccccc21. The number of anilines is 2. The topological polar surface area (TPSA) is 3.24 Å². The molecular formula is C16H15NS. The summed E-state index contributed by atoms with van der Waals surface area (Å²) in [5, 5.41) is 0. The molecule has 0 bridgehead atoms. The summed E-state index contributed by atoms with van der Waals surface area (Å²) >= 11 is 4.58. The van der Waals surface area contributed by atoms with Gasteiger partial charge in [0, 0.05) is 35.1 Å². The molecule has 0 unspecified atom stereocenters. The number of nitrogens with zero attached hydrogens (tertiary/aromatic N) is 1. The maximum Gasteiger partial charge on any atom is 0.0488 e. The fraction of sp³-hybridized carbons (Fsp3) is 0.125. The first-order chi connectivity index (χ1) is 8.70. The quantitative estimate of drug-likeness (QED) is 0.678. The number of para-hydroxylation sites is 2. The summed E-state index contributed by atoms with van der Waals surface area (Å²) < 4.78 is 0. The van der Waals surface area contributed by atoms with Crippen molar-refractivity contribution in [2.75, 3.05) is 11.9 Å². The molecule has 2 aromatic carbocycles. The van der Waals surface area contributed by atoms with Crippen LogP contribution in [0.2, 0.25) is 0 Å². The Hall–Kier alpha value is -1.67. The van der Waals surface area contributed by atoms with Crippen LogP contribution in [0.1, 0.15) is 18.1 Å². The lowest BCUT2D eigenvalue weighted by molar-refractivity contribution is 1.17. The third kappa shape index (κ3) is 1.57. The van der Waals surface area contributed by atoms with Gasteiger partial charge in [0.15, 0.2) is 0 Å². The summed E-state index contributed by atoms with van der Waals surface area (Å²) in [7, 11) is 2.11. The molecule has 0 saturated heterocycles. The van der Waals surface area contributed by atoms with Gasteiger partial charge < -0.3 is 4.90 Å². The molecule has 2 heteroatoms. The summed E-state index contributed by atoms with van der Waals surface area (Å²) in [4.78, 5) is 3.30. The lowest BCUT2D eigenvalue weighted by Gasteiger charge is -2.32. The highest BCUT2D eigenvalue weighted by Gasteiger charge is 2.23. The Bertz CT molecular complexity index is 590. The highest BCUT2D eigenvalue weighted by molar-refractivity contribution is 7.84. The molecule has 18 heavy (non-hydrogen) atoms. The molecular weight excluding hydrogens is 238 g/mol. The summed E-state index contributed by atoms with van der Waals surface area (Å²) in [6, 6.07) is 17.0. The van der Waals surface area contributed by atoms with Crippen molar-refractivity contribution < 1.29 is 0 Å². The first-order valence-corrected chi connectivity index (χ1v) is 6.47. The van der Waals surface area contributed by atoms with Crippen LogP contribution in [-0.4, -0.2) is 7.05 Å². The first-order valence-electron chi connectivity index (χ1n) is 6.02. The average Bonchev–Trinajstić information content (AvgIpc) is 2.39. The van der Waals surface area contributed by atoms with Crippen LogP contribution in [0.25, 0.3) is 5.57 Å². The predicted octanol–water partition coefficient (Wildman–Crippen LogP) is 4.48. The van der Waals surface area contributed by atoms with Gasteiger partial charge in [0.25, 0.3) is 0 Å². The highest BCUT2D eigenvalue weighted by atomic mass is 32.1. The largest absolute Gasteiger partial charge is 0.344 e. The van der Waals surface area contributed by atoms with Gasteiger partial charge in [-0.15, -0.1) is 12.6 Å². The number of hydrogen-bond donors (Lipinski definition) is 1.